The summed E-state index contributed by atoms with van der Waals surface area (Å²) in [6, 6.07) is 1.17. The number of nitrogen functional groups attached to an aromatic ring is 1. The summed E-state index contributed by atoms with van der Waals surface area (Å²) >= 11 is 0. The Kier molecular flexibility index (Phi) is 3.92. The van der Waals surface area contributed by atoms with E-state index in [-0.39, 0.29) is 11.7 Å². The fraction of sp³-hybridized carbons (Fsp3) is 0.556. The van der Waals surface area contributed by atoms with Crippen molar-refractivity contribution in [1.29, 1.82) is 0 Å². The molecule has 0 amide bonds. The van der Waals surface area contributed by atoms with Gasteiger partial charge in [0.1, 0.15) is 11.6 Å². The van der Waals surface area contributed by atoms with Crippen LogP contribution in [0.25, 0.3) is 0 Å². The first-order chi connectivity index (χ1) is 7.40. The Hall–Kier alpha value is -1.53. The predicted octanol–water partition coefficient (Wildman–Crippen LogP) is 1.95. The lowest BCUT2D eigenvalue weighted by atomic mass is 10.3. The summed E-state index contributed by atoms with van der Waals surface area (Å²) in [7, 11) is 0. The van der Waals surface area contributed by atoms with E-state index in [9.17, 15) is 13.2 Å². The van der Waals surface area contributed by atoms with E-state index in [4.69, 9.17) is 5.73 Å². The first kappa shape index (κ1) is 12.5. The zero-order valence-corrected chi connectivity index (χ0v) is 8.71. The van der Waals surface area contributed by atoms with Gasteiger partial charge in [-0.1, -0.05) is 6.92 Å². The minimum atomic E-state index is -4.38. The molecule has 4 nitrogen and oxygen atoms in total. The van der Waals surface area contributed by atoms with Crippen LogP contribution in [0.4, 0.5) is 19.0 Å². The third-order valence-electron chi connectivity index (χ3n) is 1.63. The van der Waals surface area contributed by atoms with Crippen molar-refractivity contribution in [3.63, 3.8) is 0 Å². The minimum Gasteiger partial charge on any atom is -0.468 e. The van der Waals surface area contributed by atoms with Gasteiger partial charge in [0, 0.05) is 12.5 Å². The molecule has 16 heavy (non-hydrogen) atoms. The Labute approximate surface area is 90.6 Å². The molecule has 2 N–H and O–H groups in total. The van der Waals surface area contributed by atoms with Gasteiger partial charge in [-0.05, 0) is 6.42 Å². The summed E-state index contributed by atoms with van der Waals surface area (Å²) in [5, 5.41) is 0. The number of aryl methyl sites for hydroxylation is 1. The maximum Gasteiger partial charge on any atom is 0.422 e. The highest BCUT2D eigenvalue weighted by molar-refractivity contribution is 5.32. The van der Waals surface area contributed by atoms with Crippen LogP contribution in [-0.2, 0) is 6.42 Å². The zero-order valence-electron chi connectivity index (χ0n) is 8.71. The number of rotatable bonds is 4. The number of nitrogens with two attached hydrogens (primary N) is 1. The highest BCUT2D eigenvalue weighted by Gasteiger charge is 2.28. The van der Waals surface area contributed by atoms with Crippen molar-refractivity contribution in [2.24, 2.45) is 0 Å². The van der Waals surface area contributed by atoms with E-state index >= 15 is 0 Å². The molecule has 1 heterocycles. The fourth-order valence-corrected chi connectivity index (χ4v) is 1.06. The molecule has 7 heteroatoms. The minimum absolute atomic E-state index is 0.107. The quantitative estimate of drug-likeness (QED) is 0.866. The Bertz CT molecular complexity index is 354. The van der Waals surface area contributed by atoms with Gasteiger partial charge in [-0.2, -0.15) is 18.2 Å². The Morgan fingerprint density at radius 1 is 1.38 bits per heavy atom. The van der Waals surface area contributed by atoms with Gasteiger partial charge in [0.15, 0.2) is 6.61 Å². The Morgan fingerprint density at radius 3 is 2.62 bits per heavy atom. The van der Waals surface area contributed by atoms with Gasteiger partial charge in [-0.3, -0.25) is 0 Å². The summed E-state index contributed by atoms with van der Waals surface area (Å²) in [6.45, 7) is 0.526. The standard InChI is InChI=1S/C9H12F3N3O/c1-2-3-7-14-6(13)4-8(15-7)16-5-9(10,11)12/h4H,2-3,5H2,1H3,(H2,13,14,15). The lowest BCUT2D eigenvalue weighted by Crippen LogP contribution is -2.20. The van der Waals surface area contributed by atoms with Gasteiger partial charge in [0.25, 0.3) is 0 Å². The number of hydrogen-bond acceptors (Lipinski definition) is 4. The second-order valence-corrected chi connectivity index (χ2v) is 3.20. The number of halogens is 3. The number of anilines is 1. The topological polar surface area (TPSA) is 61.0 Å². The number of aromatic nitrogens is 2. The maximum atomic E-state index is 11.9. The van der Waals surface area contributed by atoms with Gasteiger partial charge in [-0.25, -0.2) is 4.98 Å². The highest BCUT2D eigenvalue weighted by atomic mass is 19.4. The van der Waals surface area contributed by atoms with E-state index in [0.29, 0.717) is 12.2 Å². The molecule has 0 aliphatic heterocycles. The molecule has 0 aliphatic carbocycles. The third kappa shape index (κ3) is 4.33. The van der Waals surface area contributed by atoms with E-state index < -0.39 is 12.8 Å². The van der Waals surface area contributed by atoms with Crippen molar-refractivity contribution in [2.75, 3.05) is 12.3 Å². The third-order valence-corrected chi connectivity index (χ3v) is 1.63. The first-order valence-electron chi connectivity index (χ1n) is 4.73. The van der Waals surface area contributed by atoms with Crippen LogP contribution in [0.3, 0.4) is 0 Å². The smallest absolute Gasteiger partial charge is 0.422 e. The molecule has 90 valence electrons. The van der Waals surface area contributed by atoms with Crippen LogP contribution < -0.4 is 10.5 Å². The van der Waals surface area contributed by atoms with Crippen LogP contribution >= 0.6 is 0 Å². The van der Waals surface area contributed by atoms with Crippen LogP contribution in [0.15, 0.2) is 6.07 Å². The summed E-state index contributed by atoms with van der Waals surface area (Å²) in [6.07, 6.45) is -3.06. The normalized spacial score (nSPS) is 11.5. The molecule has 0 saturated carbocycles. The number of hydrogen-bond donors (Lipinski definition) is 1. The number of ether oxygens (including phenoxy) is 1. The lowest BCUT2D eigenvalue weighted by Gasteiger charge is -2.09. The molecule has 1 rings (SSSR count). The van der Waals surface area contributed by atoms with E-state index in [2.05, 4.69) is 14.7 Å². The molecular formula is C9H12F3N3O. The van der Waals surface area contributed by atoms with Gasteiger partial charge in [0.05, 0.1) is 0 Å². The van der Waals surface area contributed by atoms with Crippen LogP contribution in [0, 0.1) is 0 Å². The first-order valence-corrected chi connectivity index (χ1v) is 4.73. The van der Waals surface area contributed by atoms with Gasteiger partial charge in [-0.15, -0.1) is 0 Å². The molecule has 0 atom stereocenters. The van der Waals surface area contributed by atoms with Crippen LogP contribution in [0.5, 0.6) is 5.88 Å². The second kappa shape index (κ2) is 5.00. The molecule has 0 radical (unpaired) electrons. The average molecular weight is 235 g/mol. The zero-order chi connectivity index (χ0) is 12.2. The molecule has 0 unspecified atom stereocenters. The average Bonchev–Trinajstić information content (AvgIpc) is 2.13. The van der Waals surface area contributed by atoms with E-state index in [0.717, 1.165) is 6.42 Å². The maximum absolute atomic E-state index is 11.9. The number of alkyl halides is 3. The monoisotopic (exact) mass is 235 g/mol. The molecule has 0 bridgehead atoms. The molecule has 0 saturated heterocycles. The summed E-state index contributed by atoms with van der Waals surface area (Å²) in [4.78, 5) is 7.69. The van der Waals surface area contributed by atoms with Crippen LogP contribution in [0.2, 0.25) is 0 Å². The largest absolute Gasteiger partial charge is 0.468 e. The molecule has 0 aliphatic rings. The van der Waals surface area contributed by atoms with E-state index in [1.807, 2.05) is 6.92 Å². The summed E-state index contributed by atoms with van der Waals surface area (Å²) in [5.74, 6) is 0.351. The predicted molar refractivity (Wildman–Crippen MR) is 52.0 cm³/mol. The van der Waals surface area contributed by atoms with Gasteiger partial charge in [0.2, 0.25) is 5.88 Å². The second-order valence-electron chi connectivity index (χ2n) is 3.20. The number of nitrogens with zero attached hydrogens (tertiary/aromatic N) is 2. The van der Waals surface area contributed by atoms with E-state index in [1.54, 1.807) is 0 Å². The van der Waals surface area contributed by atoms with Crippen molar-refractivity contribution >= 4 is 5.82 Å². The SMILES string of the molecule is CCCc1nc(N)cc(OCC(F)(F)F)n1. The van der Waals surface area contributed by atoms with Gasteiger partial charge >= 0.3 is 6.18 Å². The Morgan fingerprint density at radius 2 is 2.06 bits per heavy atom. The summed E-state index contributed by atoms with van der Waals surface area (Å²) < 4.78 is 40.2. The van der Waals surface area contributed by atoms with Crippen molar-refractivity contribution in [2.45, 2.75) is 25.9 Å². The lowest BCUT2D eigenvalue weighted by molar-refractivity contribution is -0.154. The highest BCUT2D eigenvalue weighted by Crippen LogP contribution is 2.18. The molecule has 0 spiro atoms. The molecular weight excluding hydrogens is 223 g/mol. The van der Waals surface area contributed by atoms with E-state index in [1.165, 1.54) is 6.07 Å². The molecule has 1 aromatic heterocycles. The molecule has 0 aromatic carbocycles. The Balaban J connectivity index is 2.72. The molecule has 1 aromatic rings. The van der Waals surface area contributed by atoms with Crippen molar-refractivity contribution in [3.05, 3.63) is 11.9 Å². The van der Waals surface area contributed by atoms with Crippen molar-refractivity contribution < 1.29 is 17.9 Å². The van der Waals surface area contributed by atoms with Crippen molar-refractivity contribution in [3.8, 4) is 5.88 Å². The van der Waals surface area contributed by atoms with Gasteiger partial charge < -0.3 is 10.5 Å². The molecule has 0 fully saturated rings. The van der Waals surface area contributed by atoms with Crippen molar-refractivity contribution in [1.82, 2.24) is 9.97 Å². The fourth-order valence-electron chi connectivity index (χ4n) is 1.06. The summed E-state index contributed by atoms with van der Waals surface area (Å²) in [5.41, 5.74) is 5.42. The van der Waals surface area contributed by atoms with Crippen LogP contribution in [-0.4, -0.2) is 22.8 Å². The van der Waals surface area contributed by atoms with Crippen LogP contribution in [0.1, 0.15) is 19.2 Å².